The smallest absolute Gasteiger partial charge is 0.167 e. The van der Waals surface area contributed by atoms with Crippen molar-refractivity contribution in [2.24, 2.45) is 5.16 Å². The molecule has 0 amide bonds. The Hall–Kier alpha value is -0.860. The summed E-state index contributed by atoms with van der Waals surface area (Å²) in [7, 11) is 1.40. The predicted molar refractivity (Wildman–Crippen MR) is 26.2 cm³/mol. The van der Waals surface area contributed by atoms with Gasteiger partial charge in [0.15, 0.2) is 6.29 Å². The van der Waals surface area contributed by atoms with Crippen LogP contribution >= 0.6 is 0 Å². The topological polar surface area (TPSA) is 38.7 Å². The van der Waals surface area contributed by atoms with E-state index in [9.17, 15) is 4.79 Å². The molecule has 0 aliphatic carbocycles. The summed E-state index contributed by atoms with van der Waals surface area (Å²) in [5, 5.41) is 3.29. The summed E-state index contributed by atoms with van der Waals surface area (Å²) in [6, 6.07) is 0. The van der Waals surface area contributed by atoms with E-state index >= 15 is 0 Å². The van der Waals surface area contributed by atoms with E-state index in [0.29, 0.717) is 12.0 Å². The minimum atomic E-state index is 0.350. The highest BCUT2D eigenvalue weighted by atomic mass is 16.6. The Morgan fingerprint density at radius 2 is 2.43 bits per heavy atom. The second kappa shape index (κ2) is 3.33. The number of hydrogen-bond donors (Lipinski definition) is 0. The number of oxime groups is 1. The third kappa shape index (κ3) is 2.96. The molecule has 0 radical (unpaired) electrons. The van der Waals surface area contributed by atoms with Gasteiger partial charge in [-0.3, -0.25) is 4.79 Å². The maximum Gasteiger partial charge on any atom is 0.167 e. The molecule has 0 unspecified atom stereocenters. The molecule has 7 heavy (non-hydrogen) atoms. The minimum absolute atomic E-state index is 0.350. The zero-order valence-electron chi connectivity index (χ0n) is 4.34. The maximum absolute atomic E-state index is 9.68. The van der Waals surface area contributed by atoms with E-state index in [1.807, 2.05) is 0 Å². The average molecular weight is 101 g/mol. The normalized spacial score (nSPS) is 10.9. The van der Waals surface area contributed by atoms with Crippen LogP contribution in [0, 0.1) is 0 Å². The molecule has 0 saturated carbocycles. The lowest BCUT2D eigenvalue weighted by Gasteiger charge is -1.82. The average Bonchev–Trinajstić information content (AvgIpc) is 1.68. The van der Waals surface area contributed by atoms with Gasteiger partial charge < -0.3 is 4.84 Å². The number of rotatable bonds is 2. The van der Waals surface area contributed by atoms with Crippen molar-refractivity contribution >= 4 is 12.0 Å². The highest BCUT2D eigenvalue weighted by molar-refractivity contribution is 6.26. The van der Waals surface area contributed by atoms with Crippen molar-refractivity contribution in [3.8, 4) is 0 Å². The number of carbonyl (C=O) groups is 1. The first kappa shape index (κ1) is 6.14. The largest absolute Gasteiger partial charge is 0.399 e. The van der Waals surface area contributed by atoms with Gasteiger partial charge in [0.25, 0.3) is 0 Å². The van der Waals surface area contributed by atoms with Gasteiger partial charge in [-0.2, -0.15) is 0 Å². The summed E-state index contributed by atoms with van der Waals surface area (Å²) in [5.74, 6) is 0. The lowest BCUT2D eigenvalue weighted by atomic mass is 10.5. The Balaban J connectivity index is 3.49. The maximum atomic E-state index is 9.68. The van der Waals surface area contributed by atoms with E-state index in [4.69, 9.17) is 0 Å². The first-order chi connectivity index (χ1) is 3.31. The van der Waals surface area contributed by atoms with Crippen LogP contribution in [0.4, 0.5) is 0 Å². The van der Waals surface area contributed by atoms with Crippen LogP contribution in [0.5, 0.6) is 0 Å². The second-order valence-electron chi connectivity index (χ2n) is 1.03. The molecule has 0 atom stereocenters. The summed E-state index contributed by atoms with van der Waals surface area (Å²) < 4.78 is 0. The van der Waals surface area contributed by atoms with Crippen molar-refractivity contribution in [2.45, 2.75) is 6.92 Å². The van der Waals surface area contributed by atoms with Gasteiger partial charge >= 0.3 is 0 Å². The summed E-state index contributed by atoms with van der Waals surface area (Å²) in [6.07, 6.45) is 0.628. The van der Waals surface area contributed by atoms with Gasteiger partial charge in [-0.05, 0) is 6.92 Å². The summed E-state index contributed by atoms with van der Waals surface area (Å²) in [4.78, 5) is 13.9. The first-order valence-electron chi connectivity index (χ1n) is 1.84. The van der Waals surface area contributed by atoms with Gasteiger partial charge in [0.1, 0.15) is 12.8 Å². The van der Waals surface area contributed by atoms with Crippen molar-refractivity contribution in [1.82, 2.24) is 0 Å². The third-order valence-corrected chi connectivity index (χ3v) is 0.406. The van der Waals surface area contributed by atoms with Crippen LogP contribution in [0.2, 0.25) is 0 Å². The Morgan fingerprint density at radius 3 is 2.57 bits per heavy atom. The standard InChI is InChI=1S/C4H7NO2/c1-4(3-6)5-7-2/h3H,1-2H3. The van der Waals surface area contributed by atoms with Crippen LogP contribution in [0.3, 0.4) is 0 Å². The van der Waals surface area contributed by atoms with Crippen molar-refractivity contribution in [3.63, 3.8) is 0 Å². The first-order valence-corrected chi connectivity index (χ1v) is 1.84. The van der Waals surface area contributed by atoms with Gasteiger partial charge in [0, 0.05) is 0 Å². The molecular weight excluding hydrogens is 94.0 g/mol. The molecule has 0 aliphatic rings. The molecule has 0 aromatic heterocycles. The Morgan fingerprint density at radius 1 is 1.86 bits per heavy atom. The van der Waals surface area contributed by atoms with E-state index in [1.54, 1.807) is 6.92 Å². The van der Waals surface area contributed by atoms with Crippen molar-refractivity contribution in [3.05, 3.63) is 0 Å². The monoisotopic (exact) mass is 101 g/mol. The van der Waals surface area contributed by atoms with Crippen LogP contribution < -0.4 is 0 Å². The fourth-order valence-corrected chi connectivity index (χ4v) is 0.166. The van der Waals surface area contributed by atoms with Crippen LogP contribution in [0.25, 0.3) is 0 Å². The lowest BCUT2D eigenvalue weighted by molar-refractivity contribution is -0.102. The number of nitrogens with zero attached hydrogens (tertiary/aromatic N) is 1. The molecule has 3 heteroatoms. The molecule has 0 aromatic rings. The number of aldehydes is 1. The summed E-state index contributed by atoms with van der Waals surface area (Å²) in [6.45, 7) is 1.57. The molecule has 0 saturated heterocycles. The summed E-state index contributed by atoms with van der Waals surface area (Å²) >= 11 is 0. The molecule has 0 heterocycles. The number of carbonyl (C=O) groups excluding carboxylic acids is 1. The number of hydrogen-bond acceptors (Lipinski definition) is 3. The predicted octanol–water partition coefficient (Wildman–Crippen LogP) is 0.208. The molecule has 0 fully saturated rings. The van der Waals surface area contributed by atoms with Crippen molar-refractivity contribution in [1.29, 1.82) is 0 Å². The van der Waals surface area contributed by atoms with Crippen LogP contribution in [0.15, 0.2) is 5.16 Å². The van der Waals surface area contributed by atoms with Gasteiger partial charge in [-0.1, -0.05) is 5.16 Å². The zero-order valence-corrected chi connectivity index (χ0v) is 4.34. The van der Waals surface area contributed by atoms with Crippen molar-refractivity contribution < 1.29 is 9.63 Å². The fourth-order valence-electron chi connectivity index (χ4n) is 0.166. The zero-order chi connectivity index (χ0) is 5.70. The Labute approximate surface area is 42.0 Å². The van der Waals surface area contributed by atoms with Crippen LogP contribution in [0.1, 0.15) is 6.92 Å². The van der Waals surface area contributed by atoms with E-state index in [-0.39, 0.29) is 0 Å². The molecule has 0 aromatic carbocycles. The quantitative estimate of drug-likeness (QED) is 0.283. The Bertz CT molecular complexity index is 87.7. The SMILES string of the molecule is CON=C(C)C=O. The molecule has 3 nitrogen and oxygen atoms in total. The van der Waals surface area contributed by atoms with Gasteiger partial charge in [-0.15, -0.1) is 0 Å². The summed E-state index contributed by atoms with van der Waals surface area (Å²) in [5.41, 5.74) is 0.350. The highest BCUT2D eigenvalue weighted by Gasteiger charge is 1.79. The Kier molecular flexibility index (Phi) is 2.92. The molecule has 0 bridgehead atoms. The van der Waals surface area contributed by atoms with Crippen LogP contribution in [-0.2, 0) is 9.63 Å². The van der Waals surface area contributed by atoms with Gasteiger partial charge in [0.2, 0.25) is 0 Å². The van der Waals surface area contributed by atoms with E-state index in [0.717, 1.165) is 0 Å². The molecule has 0 spiro atoms. The van der Waals surface area contributed by atoms with Crippen molar-refractivity contribution in [2.75, 3.05) is 7.11 Å². The lowest BCUT2D eigenvalue weighted by Crippen LogP contribution is -1.90. The third-order valence-electron chi connectivity index (χ3n) is 0.406. The van der Waals surface area contributed by atoms with Crippen LogP contribution in [-0.4, -0.2) is 19.1 Å². The van der Waals surface area contributed by atoms with Gasteiger partial charge in [-0.25, -0.2) is 0 Å². The molecule has 0 N–H and O–H groups in total. The highest BCUT2D eigenvalue weighted by Crippen LogP contribution is 1.69. The molecular formula is C4H7NO2. The van der Waals surface area contributed by atoms with E-state index in [2.05, 4.69) is 9.99 Å². The van der Waals surface area contributed by atoms with E-state index in [1.165, 1.54) is 7.11 Å². The second-order valence-corrected chi connectivity index (χ2v) is 1.03. The molecule has 0 aliphatic heterocycles. The van der Waals surface area contributed by atoms with E-state index < -0.39 is 0 Å². The molecule has 0 rings (SSSR count). The minimum Gasteiger partial charge on any atom is -0.399 e. The van der Waals surface area contributed by atoms with Gasteiger partial charge in [0.05, 0.1) is 0 Å². The molecule has 40 valence electrons. The fraction of sp³-hybridized carbons (Fsp3) is 0.500.